The van der Waals surface area contributed by atoms with E-state index in [2.05, 4.69) is 45.2 Å². The maximum Gasteiger partial charge on any atom is 0.219 e. The van der Waals surface area contributed by atoms with Crippen LogP contribution in [0.5, 0.6) is 11.5 Å². The number of aryl methyl sites for hydroxylation is 1. The number of nitrogens with zero attached hydrogens (tertiary/aromatic N) is 5. The Morgan fingerprint density at radius 2 is 1.85 bits per heavy atom. The highest BCUT2D eigenvalue weighted by Crippen LogP contribution is 2.32. The van der Waals surface area contributed by atoms with Gasteiger partial charge >= 0.3 is 0 Å². The van der Waals surface area contributed by atoms with Crippen LogP contribution in [0.2, 0.25) is 0 Å². The number of fused-ring (bicyclic) bond motifs is 1. The number of benzene rings is 1. The van der Waals surface area contributed by atoms with Gasteiger partial charge < -0.3 is 19.3 Å². The summed E-state index contributed by atoms with van der Waals surface area (Å²) in [6, 6.07) is 2.81. The summed E-state index contributed by atoms with van der Waals surface area (Å²) < 4.78 is 40.4. The minimum Gasteiger partial charge on any atom is -0.473 e. The smallest absolute Gasteiger partial charge is 0.219 e. The van der Waals surface area contributed by atoms with Gasteiger partial charge in [0.2, 0.25) is 5.90 Å². The lowest BCUT2D eigenvalue weighted by Gasteiger charge is -2.46. The van der Waals surface area contributed by atoms with Gasteiger partial charge in [-0.2, -0.15) is 4.99 Å². The minimum atomic E-state index is -0.842. The predicted octanol–water partition coefficient (Wildman–Crippen LogP) is 5.29. The zero-order valence-electron chi connectivity index (χ0n) is 19.7. The predicted molar refractivity (Wildman–Crippen MR) is 125 cm³/mol. The van der Waals surface area contributed by atoms with Crippen molar-refractivity contribution in [1.29, 1.82) is 0 Å². The van der Waals surface area contributed by atoms with E-state index in [9.17, 15) is 8.78 Å². The first-order valence-corrected chi connectivity index (χ1v) is 11.5. The van der Waals surface area contributed by atoms with E-state index in [4.69, 9.17) is 9.47 Å². The van der Waals surface area contributed by atoms with Crippen molar-refractivity contribution in [3.8, 4) is 11.5 Å². The van der Waals surface area contributed by atoms with Crippen LogP contribution in [-0.2, 0) is 11.3 Å². The summed E-state index contributed by atoms with van der Waals surface area (Å²) >= 11 is 0. The number of hydrogen-bond donors (Lipinski definition) is 0. The number of halogens is 2. The molecule has 4 rings (SSSR count). The number of rotatable bonds is 7. The van der Waals surface area contributed by atoms with Crippen LogP contribution in [0, 0.1) is 18.6 Å². The van der Waals surface area contributed by atoms with Crippen molar-refractivity contribution in [1.82, 2.24) is 19.8 Å². The fourth-order valence-electron chi connectivity index (χ4n) is 4.18. The number of hydrogen-bond acceptors (Lipinski definition) is 7. The standard InChI is InChI=1S/C25H29F2N5O2/c1-5-8-32-19(6-2)7-9-31-17(4)30-23(12-24(31)32)33-15-18-10-21(26)25(22(27)11-18)34-20-13-28-16(3)29-14-20/h10-14,19H,4-9,15H2,1-3H3. The second-order valence-electron chi connectivity index (χ2n) is 8.31. The molecule has 34 heavy (non-hydrogen) atoms. The van der Waals surface area contributed by atoms with Crippen LogP contribution in [0.15, 0.2) is 53.8 Å². The fraction of sp³-hybridized carbons (Fsp3) is 0.400. The molecule has 1 aromatic carbocycles. The Balaban J connectivity index is 1.48. The van der Waals surface area contributed by atoms with Gasteiger partial charge in [-0.1, -0.05) is 20.4 Å². The van der Waals surface area contributed by atoms with Crippen LogP contribution in [-0.4, -0.2) is 44.8 Å². The fourth-order valence-corrected chi connectivity index (χ4v) is 4.18. The van der Waals surface area contributed by atoms with Gasteiger partial charge in [-0.05, 0) is 43.9 Å². The molecular weight excluding hydrogens is 440 g/mol. The Hall–Kier alpha value is -3.49. The van der Waals surface area contributed by atoms with Crippen molar-refractivity contribution in [2.45, 2.75) is 52.7 Å². The second-order valence-corrected chi connectivity index (χ2v) is 8.31. The molecule has 180 valence electrons. The molecule has 1 aromatic heterocycles. The minimum absolute atomic E-state index is 0.0529. The van der Waals surface area contributed by atoms with Gasteiger partial charge in [0, 0.05) is 25.2 Å². The quantitative estimate of drug-likeness (QED) is 0.549. The molecule has 7 nitrogen and oxygen atoms in total. The summed E-state index contributed by atoms with van der Waals surface area (Å²) in [5.41, 5.74) is 0.317. The Morgan fingerprint density at radius 3 is 2.50 bits per heavy atom. The Morgan fingerprint density at radius 1 is 1.15 bits per heavy atom. The van der Waals surface area contributed by atoms with E-state index in [1.165, 1.54) is 24.5 Å². The van der Waals surface area contributed by atoms with Gasteiger partial charge in [0.1, 0.15) is 24.1 Å². The molecule has 0 amide bonds. The maximum atomic E-state index is 14.6. The number of ether oxygens (including phenoxy) is 2. The third kappa shape index (κ3) is 5.03. The molecule has 0 aliphatic carbocycles. The molecule has 0 radical (unpaired) electrons. The van der Waals surface area contributed by atoms with Crippen molar-refractivity contribution in [2.75, 3.05) is 13.1 Å². The third-order valence-electron chi connectivity index (χ3n) is 5.86. The molecule has 1 atom stereocenters. The average Bonchev–Trinajstić information content (AvgIpc) is 2.82. The molecule has 3 heterocycles. The zero-order valence-corrected chi connectivity index (χ0v) is 19.7. The van der Waals surface area contributed by atoms with E-state index in [-0.39, 0.29) is 12.4 Å². The second kappa shape index (κ2) is 10.2. The van der Waals surface area contributed by atoms with Crippen molar-refractivity contribution >= 4 is 5.90 Å². The summed E-state index contributed by atoms with van der Waals surface area (Å²) in [5.74, 6) is 0.460. The van der Waals surface area contributed by atoms with Gasteiger partial charge in [0.05, 0.1) is 12.4 Å². The first-order chi connectivity index (χ1) is 16.4. The largest absolute Gasteiger partial charge is 0.473 e. The molecule has 1 saturated heterocycles. The molecule has 2 aliphatic rings. The summed E-state index contributed by atoms with van der Waals surface area (Å²) in [6.45, 7) is 11.8. The van der Waals surface area contributed by atoms with E-state index in [0.29, 0.717) is 29.1 Å². The lowest BCUT2D eigenvalue weighted by molar-refractivity contribution is 0.117. The molecule has 9 heteroatoms. The molecular formula is C25H29F2N5O2. The first-order valence-electron chi connectivity index (χ1n) is 11.5. The van der Waals surface area contributed by atoms with Crippen molar-refractivity contribution in [2.24, 2.45) is 4.99 Å². The van der Waals surface area contributed by atoms with Crippen LogP contribution in [0.1, 0.15) is 44.5 Å². The molecule has 0 spiro atoms. The SMILES string of the molecule is C=C1N=C(OCc2cc(F)c(Oc3cnc(C)nc3)c(F)c2)C=C2N1CCC(CC)N2CCC. The lowest BCUT2D eigenvalue weighted by atomic mass is 10.0. The third-order valence-corrected chi connectivity index (χ3v) is 5.86. The van der Waals surface area contributed by atoms with Crippen LogP contribution in [0.3, 0.4) is 0 Å². The molecule has 2 aliphatic heterocycles. The molecule has 0 N–H and O–H groups in total. The van der Waals surface area contributed by atoms with E-state index in [1.54, 1.807) is 6.92 Å². The first kappa shape index (κ1) is 23.7. The van der Waals surface area contributed by atoms with Crippen LogP contribution >= 0.6 is 0 Å². The molecule has 2 aromatic rings. The van der Waals surface area contributed by atoms with Crippen LogP contribution in [0.4, 0.5) is 8.78 Å². The number of aliphatic imine (C=N–C) groups is 1. The molecule has 1 fully saturated rings. The maximum absolute atomic E-state index is 14.6. The highest BCUT2D eigenvalue weighted by atomic mass is 19.1. The molecule has 1 unspecified atom stereocenters. The summed E-state index contributed by atoms with van der Waals surface area (Å²) in [4.78, 5) is 16.8. The van der Waals surface area contributed by atoms with Crippen molar-refractivity contribution in [3.05, 3.63) is 71.8 Å². The van der Waals surface area contributed by atoms with E-state index in [1.807, 2.05) is 6.08 Å². The molecule has 0 saturated carbocycles. The van der Waals surface area contributed by atoms with Crippen LogP contribution in [0.25, 0.3) is 0 Å². The van der Waals surface area contributed by atoms with Gasteiger partial charge in [0.25, 0.3) is 0 Å². The van der Waals surface area contributed by atoms with Crippen LogP contribution < -0.4 is 4.74 Å². The summed E-state index contributed by atoms with van der Waals surface area (Å²) in [6.07, 6.45) is 7.71. The Kier molecular flexibility index (Phi) is 7.09. The summed E-state index contributed by atoms with van der Waals surface area (Å²) in [5, 5.41) is 0. The van der Waals surface area contributed by atoms with E-state index in [0.717, 1.165) is 38.2 Å². The molecule has 0 bridgehead atoms. The van der Waals surface area contributed by atoms with E-state index >= 15 is 0 Å². The monoisotopic (exact) mass is 469 g/mol. The Labute approximate surface area is 198 Å². The highest BCUT2D eigenvalue weighted by molar-refractivity contribution is 5.90. The topological polar surface area (TPSA) is 63.1 Å². The van der Waals surface area contributed by atoms with Gasteiger partial charge in [0.15, 0.2) is 23.1 Å². The van der Waals surface area contributed by atoms with E-state index < -0.39 is 17.4 Å². The highest BCUT2D eigenvalue weighted by Gasteiger charge is 2.32. The van der Waals surface area contributed by atoms with Gasteiger partial charge in [-0.3, -0.25) is 0 Å². The van der Waals surface area contributed by atoms with Gasteiger partial charge in [-0.25, -0.2) is 18.7 Å². The number of aromatic nitrogens is 2. The normalized spacial score (nSPS) is 17.8. The average molecular weight is 470 g/mol. The van der Waals surface area contributed by atoms with Crippen molar-refractivity contribution in [3.63, 3.8) is 0 Å². The van der Waals surface area contributed by atoms with Crippen molar-refractivity contribution < 1.29 is 18.3 Å². The van der Waals surface area contributed by atoms with Gasteiger partial charge in [-0.15, -0.1) is 0 Å². The Bertz CT molecular complexity index is 1090. The summed E-state index contributed by atoms with van der Waals surface area (Å²) in [7, 11) is 0. The lowest BCUT2D eigenvalue weighted by Crippen LogP contribution is -2.49. The zero-order chi connectivity index (χ0) is 24.2.